The molecule has 0 saturated heterocycles. The third-order valence-electron chi connectivity index (χ3n) is 1.86. The minimum absolute atomic E-state index is 0.0311. The van der Waals surface area contributed by atoms with Crippen molar-refractivity contribution in [3.8, 4) is 0 Å². The third-order valence-corrected chi connectivity index (χ3v) is 2.91. The number of H-pyrrole nitrogens is 2. The molecule has 0 fully saturated rings. The van der Waals surface area contributed by atoms with Crippen molar-refractivity contribution in [2.45, 2.75) is 31.0 Å². The Morgan fingerprint density at radius 3 is 2.61 bits per heavy atom. The number of rotatable bonds is 5. The summed E-state index contributed by atoms with van der Waals surface area (Å²) in [4.78, 5) is 35.7. The largest absolute Gasteiger partial charge is 0.465 e. The number of ether oxygens (including phenoxy) is 1. The topological polar surface area (TPSA) is 105 Å². The van der Waals surface area contributed by atoms with E-state index in [1.165, 1.54) is 0 Å². The Kier molecular flexibility index (Phi) is 5.14. The molecule has 0 bridgehead atoms. The lowest BCUT2D eigenvalue weighted by molar-refractivity contribution is -0.143. The molecule has 1 rings (SSSR count). The summed E-state index contributed by atoms with van der Waals surface area (Å²) in [7, 11) is 0. The molecule has 2 N–H and O–H groups in total. The monoisotopic (exact) mass is 273 g/mol. The van der Waals surface area contributed by atoms with Gasteiger partial charge >= 0.3 is 11.7 Å². The second-order valence-corrected chi connectivity index (χ2v) is 5.43. The van der Waals surface area contributed by atoms with Crippen LogP contribution in [0.4, 0.5) is 0 Å². The van der Waals surface area contributed by atoms with Crippen molar-refractivity contribution in [3.63, 3.8) is 0 Å². The Bertz CT molecular complexity index is 522. The molecule has 0 amide bonds. The van der Waals surface area contributed by atoms with E-state index in [9.17, 15) is 14.4 Å². The lowest BCUT2D eigenvalue weighted by Crippen LogP contribution is -2.27. The Labute approximate surface area is 107 Å². The molecule has 0 aromatic carbocycles. The second-order valence-electron chi connectivity index (χ2n) is 4.10. The fourth-order valence-electron chi connectivity index (χ4n) is 0.998. The van der Waals surface area contributed by atoms with Gasteiger partial charge in [0.1, 0.15) is 5.25 Å². The van der Waals surface area contributed by atoms with Gasteiger partial charge in [0.15, 0.2) is 5.03 Å². The average Bonchev–Trinajstić information content (AvgIpc) is 2.29. The first-order valence-corrected chi connectivity index (χ1v) is 6.30. The van der Waals surface area contributed by atoms with Crippen LogP contribution in [0.15, 0.2) is 14.6 Å². The van der Waals surface area contributed by atoms with Crippen molar-refractivity contribution >= 4 is 17.7 Å². The standard InChI is InChI=1S/C10H15N3O4S/c1-5(2)4-17-9(15)6(3)18-8-7(14)11-10(16)13-12-8/h5-6H,4H2,1-3H3,(H2,11,13,14,16)/t6-/m1/s1. The molecule has 1 heterocycles. The molecule has 0 saturated carbocycles. The quantitative estimate of drug-likeness (QED) is 0.584. The number of thioether (sulfide) groups is 1. The Morgan fingerprint density at radius 1 is 1.39 bits per heavy atom. The summed E-state index contributed by atoms with van der Waals surface area (Å²) in [6.45, 7) is 5.80. The maximum Gasteiger partial charge on any atom is 0.342 e. The fourth-order valence-corrected chi connectivity index (χ4v) is 1.75. The zero-order valence-corrected chi connectivity index (χ0v) is 11.2. The molecule has 0 aliphatic rings. The second kappa shape index (κ2) is 6.39. The molecule has 0 unspecified atom stereocenters. The molecule has 0 spiro atoms. The molecule has 0 radical (unpaired) electrons. The fraction of sp³-hybridized carbons (Fsp3) is 0.600. The van der Waals surface area contributed by atoms with Crippen LogP contribution >= 0.6 is 11.8 Å². The Morgan fingerprint density at radius 2 is 2.06 bits per heavy atom. The van der Waals surface area contributed by atoms with Crippen molar-refractivity contribution in [2.24, 2.45) is 5.92 Å². The van der Waals surface area contributed by atoms with Gasteiger partial charge in [-0.3, -0.25) is 14.6 Å². The lowest BCUT2D eigenvalue weighted by Gasteiger charge is -2.11. The van der Waals surface area contributed by atoms with Gasteiger partial charge in [0.05, 0.1) is 6.61 Å². The highest BCUT2D eigenvalue weighted by atomic mass is 32.2. The molecule has 100 valence electrons. The van der Waals surface area contributed by atoms with Crippen LogP contribution in [0.5, 0.6) is 0 Å². The summed E-state index contributed by atoms with van der Waals surface area (Å²) in [5.74, 6) is -0.165. The van der Waals surface area contributed by atoms with Crippen molar-refractivity contribution in [2.75, 3.05) is 6.61 Å². The predicted molar refractivity (Wildman–Crippen MR) is 66.6 cm³/mol. The van der Waals surface area contributed by atoms with E-state index in [1.54, 1.807) is 6.92 Å². The highest BCUT2D eigenvalue weighted by molar-refractivity contribution is 8.00. The smallest absolute Gasteiger partial charge is 0.342 e. The van der Waals surface area contributed by atoms with Gasteiger partial charge in [0.25, 0.3) is 5.56 Å². The van der Waals surface area contributed by atoms with Crippen LogP contribution in [-0.2, 0) is 9.53 Å². The van der Waals surface area contributed by atoms with Crippen molar-refractivity contribution in [3.05, 3.63) is 20.8 Å². The van der Waals surface area contributed by atoms with Gasteiger partial charge < -0.3 is 4.74 Å². The third kappa shape index (κ3) is 4.36. The summed E-state index contributed by atoms with van der Waals surface area (Å²) in [5, 5.41) is 5.14. The van der Waals surface area contributed by atoms with E-state index in [0.717, 1.165) is 11.8 Å². The summed E-state index contributed by atoms with van der Waals surface area (Å²) in [5.41, 5.74) is -1.30. The zero-order valence-electron chi connectivity index (χ0n) is 10.4. The van der Waals surface area contributed by atoms with Gasteiger partial charge in [-0.2, -0.15) is 5.10 Å². The minimum atomic E-state index is -0.681. The van der Waals surface area contributed by atoms with Crippen LogP contribution in [0.2, 0.25) is 0 Å². The molecule has 1 aromatic heterocycles. The maximum atomic E-state index is 11.6. The first-order valence-electron chi connectivity index (χ1n) is 5.42. The molecular formula is C10H15N3O4S. The number of aromatic amines is 2. The van der Waals surface area contributed by atoms with Crippen LogP contribution in [0.1, 0.15) is 20.8 Å². The molecule has 0 aliphatic carbocycles. The average molecular weight is 273 g/mol. The number of hydrogen-bond acceptors (Lipinski definition) is 6. The van der Waals surface area contributed by atoms with E-state index in [-0.39, 0.29) is 10.9 Å². The zero-order chi connectivity index (χ0) is 13.7. The van der Waals surface area contributed by atoms with Crippen LogP contribution in [-0.4, -0.2) is 33.0 Å². The van der Waals surface area contributed by atoms with E-state index < -0.39 is 22.5 Å². The first-order chi connectivity index (χ1) is 8.40. The highest BCUT2D eigenvalue weighted by Crippen LogP contribution is 2.17. The minimum Gasteiger partial charge on any atom is -0.465 e. The van der Waals surface area contributed by atoms with E-state index in [0.29, 0.717) is 6.61 Å². The number of aromatic nitrogens is 3. The van der Waals surface area contributed by atoms with Crippen LogP contribution in [0.3, 0.4) is 0 Å². The molecule has 1 aromatic rings. The molecule has 0 aliphatic heterocycles. The number of nitrogens with one attached hydrogen (secondary N) is 2. The van der Waals surface area contributed by atoms with E-state index in [1.807, 2.05) is 18.8 Å². The molecule has 7 nitrogen and oxygen atoms in total. The van der Waals surface area contributed by atoms with Crippen molar-refractivity contribution in [1.29, 1.82) is 0 Å². The predicted octanol–water partition coefficient (Wildman–Crippen LogP) is 0.138. The van der Waals surface area contributed by atoms with Gasteiger partial charge in [-0.1, -0.05) is 25.6 Å². The summed E-state index contributed by atoms with van der Waals surface area (Å²) in [6, 6.07) is 0. The number of esters is 1. The SMILES string of the molecule is CC(C)COC(=O)[C@@H](C)Sc1n[nH]c(=O)[nH]c1=O. The molecule has 8 heteroatoms. The molecule has 18 heavy (non-hydrogen) atoms. The number of nitrogens with zero attached hydrogens (tertiary/aromatic N) is 1. The van der Waals surface area contributed by atoms with Gasteiger partial charge in [-0.15, -0.1) is 0 Å². The van der Waals surface area contributed by atoms with Crippen LogP contribution in [0.25, 0.3) is 0 Å². The van der Waals surface area contributed by atoms with Crippen LogP contribution < -0.4 is 11.2 Å². The van der Waals surface area contributed by atoms with E-state index in [4.69, 9.17) is 4.74 Å². The first kappa shape index (κ1) is 14.5. The summed E-state index contributed by atoms with van der Waals surface area (Å²) < 4.78 is 5.03. The molecular weight excluding hydrogens is 258 g/mol. The van der Waals surface area contributed by atoms with Gasteiger partial charge in [-0.25, -0.2) is 9.89 Å². The van der Waals surface area contributed by atoms with E-state index >= 15 is 0 Å². The van der Waals surface area contributed by atoms with Crippen molar-refractivity contribution in [1.82, 2.24) is 15.2 Å². The Balaban J connectivity index is 2.64. The normalized spacial score (nSPS) is 12.4. The lowest BCUT2D eigenvalue weighted by atomic mass is 10.2. The van der Waals surface area contributed by atoms with Gasteiger partial charge in [-0.05, 0) is 12.8 Å². The maximum absolute atomic E-state index is 11.6. The van der Waals surface area contributed by atoms with Gasteiger partial charge in [0, 0.05) is 0 Å². The van der Waals surface area contributed by atoms with Crippen LogP contribution in [0, 0.1) is 5.92 Å². The van der Waals surface area contributed by atoms with Gasteiger partial charge in [0.2, 0.25) is 0 Å². The summed E-state index contributed by atoms with van der Waals surface area (Å²) >= 11 is 0.939. The van der Waals surface area contributed by atoms with Crippen molar-refractivity contribution < 1.29 is 9.53 Å². The Hall–Kier alpha value is -1.57. The number of carbonyl (C=O) groups excluding carboxylic acids is 1. The molecule has 1 atom stereocenters. The van der Waals surface area contributed by atoms with E-state index in [2.05, 4.69) is 10.2 Å². The highest BCUT2D eigenvalue weighted by Gasteiger charge is 2.19. The number of hydrogen-bond donors (Lipinski definition) is 2. The number of carbonyl (C=O) groups is 1. The summed E-state index contributed by atoms with van der Waals surface area (Å²) in [6.07, 6.45) is 0.